The molecule has 1 unspecified atom stereocenters. The fraction of sp³-hybridized carbons (Fsp3) is 0.429. The fourth-order valence-electron chi connectivity index (χ4n) is 3.20. The number of aromatic nitrogens is 1. The predicted octanol–water partition coefficient (Wildman–Crippen LogP) is 2.75. The van der Waals surface area contributed by atoms with Gasteiger partial charge in [0.25, 0.3) is 0 Å². The van der Waals surface area contributed by atoms with Crippen LogP contribution < -0.4 is 9.64 Å². The van der Waals surface area contributed by atoms with Crippen molar-refractivity contribution in [3.8, 4) is 11.8 Å². The third-order valence-electron chi connectivity index (χ3n) is 4.73. The minimum atomic E-state index is -0.446. The van der Waals surface area contributed by atoms with Crippen LogP contribution in [0.1, 0.15) is 16.8 Å². The second kappa shape index (κ2) is 9.00. The van der Waals surface area contributed by atoms with Crippen molar-refractivity contribution in [2.24, 2.45) is 0 Å². The molecule has 0 saturated carbocycles. The van der Waals surface area contributed by atoms with Crippen molar-refractivity contribution in [3.63, 3.8) is 0 Å². The van der Waals surface area contributed by atoms with E-state index in [1.165, 1.54) is 0 Å². The largest absolute Gasteiger partial charge is 0.489 e. The molecule has 2 heterocycles. The number of morpholine rings is 1. The number of pyridine rings is 1. The maximum atomic E-state index is 14.8. The van der Waals surface area contributed by atoms with Crippen LogP contribution in [0.4, 0.5) is 10.1 Å². The first-order valence-corrected chi connectivity index (χ1v) is 9.26. The smallest absolute Gasteiger partial charge is 0.147 e. The number of aryl methyl sites for hydroxylation is 1. The molecule has 2 aromatic rings. The molecule has 1 aliphatic heterocycles. The Morgan fingerprint density at radius 3 is 2.86 bits per heavy atom. The molecule has 3 rings (SSSR count). The third-order valence-corrected chi connectivity index (χ3v) is 4.73. The summed E-state index contributed by atoms with van der Waals surface area (Å²) in [6.07, 6.45) is 1.59. The Bertz CT molecular complexity index is 849. The van der Waals surface area contributed by atoms with Gasteiger partial charge in [-0.3, -0.25) is 9.88 Å². The van der Waals surface area contributed by atoms with Crippen LogP contribution in [0.15, 0.2) is 30.5 Å². The highest BCUT2D eigenvalue weighted by Crippen LogP contribution is 2.25. The van der Waals surface area contributed by atoms with E-state index in [0.717, 1.165) is 5.69 Å². The van der Waals surface area contributed by atoms with Crippen molar-refractivity contribution in [2.45, 2.75) is 19.6 Å². The van der Waals surface area contributed by atoms with Crippen LogP contribution in [0.5, 0.6) is 5.75 Å². The molecule has 1 saturated heterocycles. The Balaban J connectivity index is 1.62. The average molecular weight is 384 g/mol. The van der Waals surface area contributed by atoms with E-state index in [1.807, 2.05) is 25.1 Å². The van der Waals surface area contributed by atoms with E-state index in [2.05, 4.69) is 9.88 Å². The first kappa shape index (κ1) is 20.1. The zero-order valence-corrected chi connectivity index (χ0v) is 16.5. The lowest BCUT2D eigenvalue weighted by molar-refractivity contribution is -0.0506. The zero-order chi connectivity index (χ0) is 20.1. The van der Waals surface area contributed by atoms with E-state index >= 15 is 0 Å². The Labute approximate surface area is 165 Å². The topological polar surface area (TPSA) is 61.6 Å². The van der Waals surface area contributed by atoms with E-state index in [4.69, 9.17) is 9.47 Å². The molecular weight excluding hydrogens is 359 g/mol. The standard InChI is InChI=1S/C21H25FN4O2/c1-15-4-6-17(11-24-15)28-14-18-13-26(8-9-27-18)12-16-5-7-20(25(2)3)19(10-23)21(16)22/h4-7,11,18H,8-9,12-14H2,1-3H3. The van der Waals surface area contributed by atoms with Crippen LogP contribution >= 0.6 is 0 Å². The van der Waals surface area contributed by atoms with E-state index in [0.29, 0.717) is 49.8 Å². The summed E-state index contributed by atoms with van der Waals surface area (Å²) in [5.74, 6) is 0.258. The van der Waals surface area contributed by atoms with Gasteiger partial charge in [-0.1, -0.05) is 6.07 Å². The number of nitriles is 1. The lowest BCUT2D eigenvalue weighted by Crippen LogP contribution is -2.44. The number of hydrogen-bond acceptors (Lipinski definition) is 6. The van der Waals surface area contributed by atoms with E-state index in [1.54, 1.807) is 37.3 Å². The zero-order valence-electron chi connectivity index (χ0n) is 16.5. The Morgan fingerprint density at radius 2 is 2.18 bits per heavy atom. The minimum absolute atomic E-state index is 0.0857. The summed E-state index contributed by atoms with van der Waals surface area (Å²) < 4.78 is 26.4. The maximum Gasteiger partial charge on any atom is 0.147 e. The SMILES string of the molecule is Cc1ccc(OCC2CN(Cc3ccc(N(C)C)c(C#N)c3F)CCO2)cn1. The highest BCUT2D eigenvalue weighted by molar-refractivity contribution is 5.60. The van der Waals surface area contributed by atoms with E-state index < -0.39 is 5.82 Å². The molecule has 1 fully saturated rings. The van der Waals surface area contributed by atoms with Crippen molar-refractivity contribution < 1.29 is 13.9 Å². The summed E-state index contributed by atoms with van der Waals surface area (Å²) in [5, 5.41) is 9.34. The molecule has 0 aliphatic carbocycles. The fourth-order valence-corrected chi connectivity index (χ4v) is 3.20. The molecule has 6 nitrogen and oxygen atoms in total. The van der Waals surface area contributed by atoms with Gasteiger partial charge in [0, 0.05) is 45.0 Å². The molecule has 28 heavy (non-hydrogen) atoms. The number of halogens is 1. The summed E-state index contributed by atoms with van der Waals surface area (Å²) >= 11 is 0. The molecule has 1 aromatic carbocycles. The molecule has 1 aliphatic rings. The van der Waals surface area contributed by atoms with E-state index in [-0.39, 0.29) is 11.7 Å². The van der Waals surface area contributed by atoms with Gasteiger partial charge >= 0.3 is 0 Å². The molecule has 1 aromatic heterocycles. The van der Waals surface area contributed by atoms with Crippen molar-refractivity contribution in [3.05, 3.63) is 53.1 Å². The maximum absolute atomic E-state index is 14.8. The summed E-state index contributed by atoms with van der Waals surface area (Å²) in [4.78, 5) is 8.08. The van der Waals surface area contributed by atoms with Gasteiger partial charge in [-0.15, -0.1) is 0 Å². The predicted molar refractivity (Wildman–Crippen MR) is 105 cm³/mol. The van der Waals surface area contributed by atoms with Crippen LogP contribution in [0.25, 0.3) is 0 Å². The molecule has 0 bridgehead atoms. The van der Waals surface area contributed by atoms with Crippen LogP contribution in [0.3, 0.4) is 0 Å². The average Bonchev–Trinajstić information content (AvgIpc) is 2.69. The van der Waals surface area contributed by atoms with Gasteiger partial charge in [-0.25, -0.2) is 4.39 Å². The normalized spacial score (nSPS) is 17.2. The Hall–Kier alpha value is -2.69. The molecular formula is C21H25FN4O2. The number of ether oxygens (including phenoxy) is 2. The third kappa shape index (κ3) is 4.77. The van der Waals surface area contributed by atoms with Crippen molar-refractivity contribution in [1.82, 2.24) is 9.88 Å². The second-order valence-corrected chi connectivity index (χ2v) is 7.11. The summed E-state index contributed by atoms with van der Waals surface area (Å²) in [6, 6.07) is 9.32. The molecule has 0 N–H and O–H groups in total. The first-order chi connectivity index (χ1) is 13.5. The van der Waals surface area contributed by atoms with Gasteiger partial charge in [0.2, 0.25) is 0 Å². The highest BCUT2D eigenvalue weighted by Gasteiger charge is 2.23. The van der Waals surface area contributed by atoms with Gasteiger partial charge < -0.3 is 14.4 Å². The molecule has 0 radical (unpaired) electrons. The number of rotatable bonds is 6. The summed E-state index contributed by atoms with van der Waals surface area (Å²) in [7, 11) is 3.59. The number of hydrogen-bond donors (Lipinski definition) is 0. The Morgan fingerprint density at radius 1 is 1.36 bits per heavy atom. The molecule has 1 atom stereocenters. The van der Waals surface area contributed by atoms with Crippen molar-refractivity contribution in [2.75, 3.05) is 45.3 Å². The quantitative estimate of drug-likeness (QED) is 0.763. The first-order valence-electron chi connectivity index (χ1n) is 9.26. The summed E-state index contributed by atoms with van der Waals surface area (Å²) in [6.45, 7) is 4.67. The van der Waals surface area contributed by atoms with Gasteiger partial charge in [0.15, 0.2) is 0 Å². The highest BCUT2D eigenvalue weighted by atomic mass is 19.1. The van der Waals surface area contributed by atoms with Crippen LogP contribution in [0.2, 0.25) is 0 Å². The lowest BCUT2D eigenvalue weighted by Gasteiger charge is -2.33. The van der Waals surface area contributed by atoms with Gasteiger partial charge in [-0.2, -0.15) is 5.26 Å². The van der Waals surface area contributed by atoms with Crippen LogP contribution in [0, 0.1) is 24.1 Å². The monoisotopic (exact) mass is 384 g/mol. The number of benzene rings is 1. The minimum Gasteiger partial charge on any atom is -0.489 e. The van der Waals surface area contributed by atoms with Gasteiger partial charge in [0.1, 0.15) is 35.9 Å². The molecule has 0 spiro atoms. The van der Waals surface area contributed by atoms with Crippen LogP contribution in [-0.2, 0) is 11.3 Å². The van der Waals surface area contributed by atoms with Crippen molar-refractivity contribution in [1.29, 1.82) is 5.26 Å². The lowest BCUT2D eigenvalue weighted by atomic mass is 10.1. The van der Waals surface area contributed by atoms with Crippen LogP contribution in [-0.4, -0.2) is 56.4 Å². The Kier molecular flexibility index (Phi) is 6.45. The van der Waals surface area contributed by atoms with E-state index in [9.17, 15) is 9.65 Å². The molecule has 7 heteroatoms. The molecule has 0 amide bonds. The van der Waals surface area contributed by atoms with Gasteiger partial charge in [0.05, 0.1) is 18.5 Å². The second-order valence-electron chi connectivity index (χ2n) is 7.11. The van der Waals surface area contributed by atoms with Crippen molar-refractivity contribution >= 4 is 5.69 Å². The number of nitrogens with zero attached hydrogens (tertiary/aromatic N) is 4. The molecule has 148 valence electrons. The summed E-state index contributed by atoms with van der Waals surface area (Å²) in [5.41, 5.74) is 2.13. The van der Waals surface area contributed by atoms with Gasteiger partial charge in [-0.05, 0) is 25.1 Å². The number of anilines is 1.